The van der Waals surface area contributed by atoms with E-state index in [1.165, 1.54) is 12.1 Å². The van der Waals surface area contributed by atoms with Gasteiger partial charge in [0.25, 0.3) is 0 Å². The van der Waals surface area contributed by atoms with Gasteiger partial charge >= 0.3 is 0 Å². The molecule has 13 heavy (non-hydrogen) atoms. The van der Waals surface area contributed by atoms with E-state index in [1.54, 1.807) is 6.07 Å². The molecular formula is C10H13FN2. The van der Waals surface area contributed by atoms with E-state index in [0.29, 0.717) is 5.69 Å². The summed E-state index contributed by atoms with van der Waals surface area (Å²) < 4.78 is 12.9. The molecule has 0 amide bonds. The minimum Gasteiger partial charge on any atom is -0.398 e. The smallest absolute Gasteiger partial charge is 0.123 e. The van der Waals surface area contributed by atoms with E-state index in [4.69, 9.17) is 5.73 Å². The standard InChI is InChI=1S/C10H13FN2/c11-7-3-4-9(12)8(6-7)10-2-1-5-13-10/h3-4,6,10,13H,1-2,5,12H2/t10-/m0/s1. The molecule has 1 aromatic carbocycles. The van der Waals surface area contributed by atoms with Crippen LogP contribution in [0.15, 0.2) is 18.2 Å². The third kappa shape index (κ3) is 1.65. The lowest BCUT2D eigenvalue weighted by atomic mass is 10.0. The maximum atomic E-state index is 12.9. The lowest BCUT2D eigenvalue weighted by Gasteiger charge is -2.12. The molecule has 2 rings (SSSR count). The quantitative estimate of drug-likeness (QED) is 0.647. The van der Waals surface area contributed by atoms with Crippen molar-refractivity contribution in [2.75, 3.05) is 12.3 Å². The number of hydrogen-bond donors (Lipinski definition) is 2. The number of anilines is 1. The Kier molecular flexibility index (Phi) is 2.19. The molecule has 3 heteroatoms. The number of benzene rings is 1. The summed E-state index contributed by atoms with van der Waals surface area (Å²) >= 11 is 0. The Bertz CT molecular complexity index is 306. The fourth-order valence-electron chi connectivity index (χ4n) is 1.80. The number of halogens is 1. The first-order valence-corrected chi connectivity index (χ1v) is 4.55. The molecule has 70 valence electrons. The molecule has 0 saturated carbocycles. The highest BCUT2D eigenvalue weighted by Gasteiger charge is 2.18. The van der Waals surface area contributed by atoms with Crippen molar-refractivity contribution >= 4 is 5.69 Å². The topological polar surface area (TPSA) is 38.0 Å². The fraction of sp³-hybridized carbons (Fsp3) is 0.400. The molecule has 1 atom stereocenters. The van der Waals surface area contributed by atoms with Crippen molar-refractivity contribution in [1.29, 1.82) is 0 Å². The van der Waals surface area contributed by atoms with E-state index in [0.717, 1.165) is 24.9 Å². The highest BCUT2D eigenvalue weighted by Crippen LogP contribution is 2.27. The van der Waals surface area contributed by atoms with Crippen molar-refractivity contribution < 1.29 is 4.39 Å². The molecule has 1 aromatic rings. The summed E-state index contributed by atoms with van der Waals surface area (Å²) in [5.74, 6) is -0.210. The van der Waals surface area contributed by atoms with Crippen LogP contribution in [0.2, 0.25) is 0 Å². The molecule has 0 aliphatic carbocycles. The molecule has 0 aromatic heterocycles. The van der Waals surface area contributed by atoms with Crippen LogP contribution in [0.5, 0.6) is 0 Å². The average molecular weight is 180 g/mol. The molecule has 0 unspecified atom stereocenters. The van der Waals surface area contributed by atoms with Crippen molar-refractivity contribution in [2.24, 2.45) is 0 Å². The summed E-state index contributed by atoms with van der Waals surface area (Å²) in [6.07, 6.45) is 2.19. The molecule has 1 aliphatic heterocycles. The van der Waals surface area contributed by atoms with Crippen LogP contribution in [0.25, 0.3) is 0 Å². The second-order valence-corrected chi connectivity index (χ2v) is 3.42. The van der Waals surface area contributed by atoms with Gasteiger partial charge in [-0.3, -0.25) is 0 Å². The van der Waals surface area contributed by atoms with Crippen LogP contribution in [-0.4, -0.2) is 6.54 Å². The maximum Gasteiger partial charge on any atom is 0.123 e. The van der Waals surface area contributed by atoms with Gasteiger partial charge in [0.2, 0.25) is 0 Å². The van der Waals surface area contributed by atoms with Gasteiger partial charge in [-0.1, -0.05) is 0 Å². The molecule has 3 N–H and O–H groups in total. The Morgan fingerprint density at radius 3 is 3.00 bits per heavy atom. The zero-order valence-electron chi connectivity index (χ0n) is 7.39. The van der Waals surface area contributed by atoms with Gasteiger partial charge in [0.05, 0.1) is 0 Å². The summed E-state index contributed by atoms with van der Waals surface area (Å²) in [6, 6.07) is 4.80. The van der Waals surface area contributed by atoms with Gasteiger partial charge in [0.1, 0.15) is 5.82 Å². The Morgan fingerprint density at radius 1 is 1.46 bits per heavy atom. The molecule has 0 radical (unpaired) electrons. The molecule has 0 spiro atoms. The first-order chi connectivity index (χ1) is 6.27. The summed E-state index contributed by atoms with van der Waals surface area (Å²) in [5, 5.41) is 3.29. The predicted molar refractivity (Wildman–Crippen MR) is 50.8 cm³/mol. The van der Waals surface area contributed by atoms with Crippen LogP contribution in [0.1, 0.15) is 24.4 Å². The average Bonchev–Trinajstić information content (AvgIpc) is 2.61. The molecule has 1 heterocycles. The van der Waals surface area contributed by atoms with E-state index in [1.807, 2.05) is 0 Å². The lowest BCUT2D eigenvalue weighted by molar-refractivity contribution is 0.608. The Hall–Kier alpha value is -1.09. The molecule has 1 saturated heterocycles. The van der Waals surface area contributed by atoms with E-state index >= 15 is 0 Å². The van der Waals surface area contributed by atoms with Crippen molar-refractivity contribution in [3.05, 3.63) is 29.6 Å². The summed E-state index contributed by atoms with van der Waals surface area (Å²) in [4.78, 5) is 0. The first kappa shape index (κ1) is 8.51. The number of nitrogens with one attached hydrogen (secondary N) is 1. The Labute approximate surface area is 76.9 Å². The van der Waals surface area contributed by atoms with E-state index in [9.17, 15) is 4.39 Å². The highest BCUT2D eigenvalue weighted by molar-refractivity contribution is 5.48. The highest BCUT2D eigenvalue weighted by atomic mass is 19.1. The lowest BCUT2D eigenvalue weighted by Crippen LogP contribution is -2.14. The molecular weight excluding hydrogens is 167 g/mol. The zero-order valence-corrected chi connectivity index (χ0v) is 7.39. The largest absolute Gasteiger partial charge is 0.398 e. The van der Waals surface area contributed by atoms with Crippen LogP contribution in [0.4, 0.5) is 10.1 Å². The number of nitrogens with two attached hydrogens (primary N) is 1. The summed E-state index contributed by atoms with van der Waals surface area (Å²) in [6.45, 7) is 1.00. The van der Waals surface area contributed by atoms with Crippen LogP contribution in [0, 0.1) is 5.82 Å². The number of rotatable bonds is 1. The Balaban J connectivity index is 2.32. The minimum absolute atomic E-state index is 0.210. The van der Waals surface area contributed by atoms with E-state index in [2.05, 4.69) is 5.32 Å². The molecule has 1 fully saturated rings. The first-order valence-electron chi connectivity index (χ1n) is 4.55. The van der Waals surface area contributed by atoms with Crippen LogP contribution in [0.3, 0.4) is 0 Å². The maximum absolute atomic E-state index is 12.9. The van der Waals surface area contributed by atoms with Crippen molar-refractivity contribution in [3.8, 4) is 0 Å². The van der Waals surface area contributed by atoms with Crippen molar-refractivity contribution in [2.45, 2.75) is 18.9 Å². The van der Waals surface area contributed by atoms with E-state index < -0.39 is 0 Å². The van der Waals surface area contributed by atoms with Gasteiger partial charge in [-0.05, 0) is 43.1 Å². The Morgan fingerprint density at radius 2 is 2.31 bits per heavy atom. The van der Waals surface area contributed by atoms with Gasteiger partial charge in [-0.25, -0.2) is 4.39 Å². The van der Waals surface area contributed by atoms with Crippen molar-refractivity contribution in [3.63, 3.8) is 0 Å². The van der Waals surface area contributed by atoms with Crippen LogP contribution < -0.4 is 11.1 Å². The fourth-order valence-corrected chi connectivity index (χ4v) is 1.80. The van der Waals surface area contributed by atoms with E-state index in [-0.39, 0.29) is 11.9 Å². The van der Waals surface area contributed by atoms with Gasteiger partial charge in [-0.15, -0.1) is 0 Å². The van der Waals surface area contributed by atoms with Crippen LogP contribution in [-0.2, 0) is 0 Å². The normalized spacial score (nSPS) is 22.1. The molecule has 2 nitrogen and oxygen atoms in total. The van der Waals surface area contributed by atoms with Gasteiger partial charge in [0.15, 0.2) is 0 Å². The molecule has 0 bridgehead atoms. The second kappa shape index (κ2) is 3.34. The third-order valence-electron chi connectivity index (χ3n) is 2.48. The summed E-state index contributed by atoms with van der Waals surface area (Å²) in [5.41, 5.74) is 7.34. The molecule has 1 aliphatic rings. The van der Waals surface area contributed by atoms with Gasteiger partial charge < -0.3 is 11.1 Å². The SMILES string of the molecule is Nc1ccc(F)cc1[C@@H]1CCCN1. The monoisotopic (exact) mass is 180 g/mol. The predicted octanol–water partition coefficient (Wildman–Crippen LogP) is 1.83. The summed E-state index contributed by atoms with van der Waals surface area (Å²) in [7, 11) is 0. The van der Waals surface area contributed by atoms with Gasteiger partial charge in [-0.2, -0.15) is 0 Å². The third-order valence-corrected chi connectivity index (χ3v) is 2.48. The minimum atomic E-state index is -0.210. The van der Waals surface area contributed by atoms with Crippen molar-refractivity contribution in [1.82, 2.24) is 5.32 Å². The second-order valence-electron chi connectivity index (χ2n) is 3.42. The number of nitrogen functional groups attached to an aromatic ring is 1. The zero-order chi connectivity index (χ0) is 9.26. The van der Waals surface area contributed by atoms with Crippen LogP contribution >= 0.6 is 0 Å². The van der Waals surface area contributed by atoms with Gasteiger partial charge in [0, 0.05) is 11.7 Å². The number of hydrogen-bond acceptors (Lipinski definition) is 2.